The van der Waals surface area contributed by atoms with E-state index in [1.54, 1.807) is 36.4 Å². The first-order valence-corrected chi connectivity index (χ1v) is 7.01. The van der Waals surface area contributed by atoms with Crippen molar-refractivity contribution in [3.8, 4) is 12.1 Å². The number of azo groups is 1. The van der Waals surface area contributed by atoms with Crippen LogP contribution >= 0.6 is 11.6 Å². The summed E-state index contributed by atoms with van der Waals surface area (Å²) in [6.07, 6.45) is 0.159. The van der Waals surface area contributed by atoms with Crippen LogP contribution < -0.4 is 0 Å². The first-order valence-electron chi connectivity index (χ1n) is 6.63. The van der Waals surface area contributed by atoms with Crippen molar-refractivity contribution in [3.63, 3.8) is 0 Å². The molecule has 22 heavy (non-hydrogen) atoms. The average Bonchev–Trinajstić information content (AvgIpc) is 2.55. The molecular formula is C17H13ClN4. The molecule has 0 saturated carbocycles. The largest absolute Gasteiger partial charge is 0.256 e. The third-order valence-electron chi connectivity index (χ3n) is 3.11. The van der Waals surface area contributed by atoms with E-state index in [9.17, 15) is 10.5 Å². The zero-order valence-corrected chi connectivity index (χ0v) is 12.7. The number of benzene rings is 2. The summed E-state index contributed by atoms with van der Waals surface area (Å²) in [5.41, 5.74) is 0.970. The number of aryl methyl sites for hydroxylation is 1. The molecule has 0 bridgehead atoms. The Bertz CT molecular complexity index is 735. The third kappa shape index (κ3) is 3.91. The van der Waals surface area contributed by atoms with E-state index in [-0.39, 0.29) is 6.42 Å². The molecule has 0 fully saturated rings. The van der Waals surface area contributed by atoms with Gasteiger partial charge in [-0.3, -0.25) is 0 Å². The zero-order valence-electron chi connectivity index (χ0n) is 12.0. The lowest BCUT2D eigenvalue weighted by Gasteiger charge is -2.12. The van der Waals surface area contributed by atoms with E-state index in [0.29, 0.717) is 10.7 Å². The Kier molecular flexibility index (Phi) is 4.88. The Hall–Kier alpha value is -2.69. The van der Waals surface area contributed by atoms with Crippen LogP contribution in [0.4, 0.5) is 5.69 Å². The van der Waals surface area contributed by atoms with Gasteiger partial charge in [-0.2, -0.15) is 20.8 Å². The molecule has 0 aromatic heterocycles. The Labute approximate surface area is 134 Å². The normalized spacial score (nSPS) is 11.1. The fraction of sp³-hybridized carbons (Fsp3) is 0.176. The van der Waals surface area contributed by atoms with Gasteiger partial charge in [0.25, 0.3) is 5.54 Å². The van der Waals surface area contributed by atoms with Crippen molar-refractivity contribution >= 4 is 17.3 Å². The first-order chi connectivity index (χ1) is 10.6. The summed E-state index contributed by atoms with van der Waals surface area (Å²) in [4.78, 5) is 0. The number of rotatable bonds is 4. The second-order valence-electron chi connectivity index (χ2n) is 4.92. The van der Waals surface area contributed by atoms with Crippen LogP contribution in [-0.4, -0.2) is 5.54 Å². The molecule has 0 spiro atoms. The van der Waals surface area contributed by atoms with Crippen molar-refractivity contribution in [1.29, 1.82) is 10.5 Å². The summed E-state index contributed by atoms with van der Waals surface area (Å²) in [7, 11) is 0. The van der Waals surface area contributed by atoms with Crippen LogP contribution in [0.15, 0.2) is 58.8 Å². The monoisotopic (exact) mass is 308 g/mol. The van der Waals surface area contributed by atoms with Gasteiger partial charge in [0.2, 0.25) is 0 Å². The van der Waals surface area contributed by atoms with E-state index < -0.39 is 5.54 Å². The summed E-state index contributed by atoms with van der Waals surface area (Å²) < 4.78 is 0. The number of nitrogens with zero attached hydrogens (tertiary/aromatic N) is 4. The minimum absolute atomic E-state index is 0.159. The summed E-state index contributed by atoms with van der Waals surface area (Å²) >= 11 is 5.83. The van der Waals surface area contributed by atoms with E-state index in [2.05, 4.69) is 10.2 Å². The van der Waals surface area contributed by atoms with Crippen molar-refractivity contribution in [2.24, 2.45) is 10.2 Å². The van der Waals surface area contributed by atoms with Crippen LogP contribution in [0.2, 0.25) is 5.02 Å². The highest BCUT2D eigenvalue weighted by molar-refractivity contribution is 6.30. The molecule has 0 saturated heterocycles. The Morgan fingerprint density at radius 1 is 1.00 bits per heavy atom. The second-order valence-corrected chi connectivity index (χ2v) is 5.36. The van der Waals surface area contributed by atoms with E-state index >= 15 is 0 Å². The average molecular weight is 309 g/mol. The number of hydrogen-bond donors (Lipinski definition) is 0. The van der Waals surface area contributed by atoms with E-state index in [0.717, 1.165) is 11.1 Å². The number of nitriles is 2. The first kappa shape index (κ1) is 15.7. The molecule has 2 rings (SSSR count). The molecule has 0 atom stereocenters. The minimum atomic E-state index is -1.54. The lowest BCUT2D eigenvalue weighted by atomic mass is 9.95. The molecule has 2 aromatic carbocycles. The van der Waals surface area contributed by atoms with Gasteiger partial charge in [-0.1, -0.05) is 41.4 Å². The zero-order chi connectivity index (χ0) is 16.0. The lowest BCUT2D eigenvalue weighted by Crippen LogP contribution is -2.24. The second kappa shape index (κ2) is 6.85. The van der Waals surface area contributed by atoms with Gasteiger partial charge >= 0.3 is 0 Å². The molecule has 0 aliphatic carbocycles. The summed E-state index contributed by atoms with van der Waals surface area (Å²) in [6.45, 7) is 1.97. The highest BCUT2D eigenvalue weighted by Gasteiger charge is 2.30. The van der Waals surface area contributed by atoms with Crippen LogP contribution in [-0.2, 0) is 6.42 Å². The predicted molar refractivity (Wildman–Crippen MR) is 84.8 cm³/mol. The molecule has 0 aliphatic rings. The van der Waals surface area contributed by atoms with E-state index in [4.69, 9.17) is 11.6 Å². The molecule has 4 nitrogen and oxygen atoms in total. The summed E-state index contributed by atoms with van der Waals surface area (Å²) in [6, 6.07) is 18.3. The van der Waals surface area contributed by atoms with Crippen LogP contribution in [0.5, 0.6) is 0 Å². The molecule has 0 amide bonds. The topological polar surface area (TPSA) is 72.3 Å². The molecule has 5 heteroatoms. The van der Waals surface area contributed by atoms with Crippen LogP contribution in [0.3, 0.4) is 0 Å². The highest BCUT2D eigenvalue weighted by atomic mass is 35.5. The molecule has 0 heterocycles. The Morgan fingerprint density at radius 3 is 2.14 bits per heavy atom. The number of hydrogen-bond acceptors (Lipinski definition) is 4. The minimum Gasteiger partial charge on any atom is -0.194 e. The Morgan fingerprint density at radius 2 is 1.59 bits per heavy atom. The maximum absolute atomic E-state index is 9.36. The van der Waals surface area contributed by atoms with Crippen LogP contribution in [0.25, 0.3) is 0 Å². The molecule has 0 N–H and O–H groups in total. The van der Waals surface area contributed by atoms with Gasteiger partial charge in [0, 0.05) is 11.4 Å². The van der Waals surface area contributed by atoms with Gasteiger partial charge in [0.05, 0.1) is 5.69 Å². The summed E-state index contributed by atoms with van der Waals surface area (Å²) in [5, 5.41) is 27.3. The van der Waals surface area contributed by atoms with Gasteiger partial charge in [-0.15, -0.1) is 0 Å². The van der Waals surface area contributed by atoms with Crippen LogP contribution in [0.1, 0.15) is 11.1 Å². The van der Waals surface area contributed by atoms with Gasteiger partial charge in [-0.25, -0.2) is 0 Å². The third-order valence-corrected chi connectivity index (χ3v) is 3.37. The molecule has 0 unspecified atom stereocenters. The maximum atomic E-state index is 9.36. The number of halogens is 1. The maximum Gasteiger partial charge on any atom is 0.256 e. The quantitative estimate of drug-likeness (QED) is 0.764. The SMILES string of the molecule is Cc1ccc(N=NC(C#N)(C#N)Cc2ccc(Cl)cc2)cc1. The smallest absolute Gasteiger partial charge is 0.194 e. The van der Waals surface area contributed by atoms with Crippen molar-refractivity contribution in [1.82, 2.24) is 0 Å². The fourth-order valence-corrected chi connectivity index (χ4v) is 1.96. The van der Waals surface area contributed by atoms with Crippen molar-refractivity contribution in [2.45, 2.75) is 18.9 Å². The molecular weight excluding hydrogens is 296 g/mol. The lowest BCUT2D eigenvalue weighted by molar-refractivity contribution is 0.645. The van der Waals surface area contributed by atoms with Crippen LogP contribution in [0, 0.1) is 29.6 Å². The van der Waals surface area contributed by atoms with E-state index in [1.807, 2.05) is 31.2 Å². The molecule has 0 radical (unpaired) electrons. The van der Waals surface area contributed by atoms with Gasteiger partial charge in [0.1, 0.15) is 12.1 Å². The van der Waals surface area contributed by atoms with Crippen molar-refractivity contribution in [2.75, 3.05) is 0 Å². The highest BCUT2D eigenvalue weighted by Crippen LogP contribution is 2.22. The van der Waals surface area contributed by atoms with Crippen molar-refractivity contribution < 1.29 is 0 Å². The van der Waals surface area contributed by atoms with Gasteiger partial charge in [-0.05, 0) is 36.8 Å². The Balaban J connectivity index is 2.25. The van der Waals surface area contributed by atoms with Gasteiger partial charge < -0.3 is 0 Å². The standard InChI is InChI=1S/C17H13ClN4/c1-13-2-8-16(9-3-13)21-22-17(11-19,12-20)10-14-4-6-15(18)7-5-14/h2-9H,10H2,1H3. The van der Waals surface area contributed by atoms with Crippen molar-refractivity contribution in [3.05, 3.63) is 64.7 Å². The van der Waals surface area contributed by atoms with Gasteiger partial charge in [0.15, 0.2) is 0 Å². The summed E-state index contributed by atoms with van der Waals surface area (Å²) in [5.74, 6) is 0. The molecule has 0 aliphatic heterocycles. The predicted octanol–water partition coefficient (Wildman–Crippen LogP) is 4.76. The van der Waals surface area contributed by atoms with E-state index in [1.165, 1.54) is 0 Å². The fourth-order valence-electron chi connectivity index (χ4n) is 1.84. The molecule has 2 aromatic rings. The molecule has 108 valence electrons.